The molecule has 10 heteroatoms. The highest BCUT2D eigenvalue weighted by molar-refractivity contribution is 7.89. The van der Waals surface area contributed by atoms with Crippen LogP contribution in [0, 0.1) is 31.0 Å². The van der Waals surface area contributed by atoms with E-state index >= 15 is 0 Å². The van der Waals surface area contributed by atoms with Gasteiger partial charge in [0, 0.05) is 58.9 Å². The van der Waals surface area contributed by atoms with Crippen molar-refractivity contribution in [2.24, 2.45) is 0 Å². The lowest BCUT2D eigenvalue weighted by Gasteiger charge is -2.37. The van der Waals surface area contributed by atoms with Crippen molar-refractivity contribution in [1.29, 1.82) is 5.26 Å². The number of pyridine rings is 1. The second-order valence-electron chi connectivity index (χ2n) is 10.2. The summed E-state index contributed by atoms with van der Waals surface area (Å²) in [5.74, 6) is 0.260. The van der Waals surface area contributed by atoms with Crippen molar-refractivity contribution >= 4 is 21.5 Å². The van der Waals surface area contributed by atoms with E-state index in [0.29, 0.717) is 49.0 Å². The monoisotopic (exact) mass is 548 g/mol. The summed E-state index contributed by atoms with van der Waals surface area (Å²) in [6, 6.07) is 16.8. The van der Waals surface area contributed by atoms with Crippen LogP contribution in [0.5, 0.6) is 0 Å². The fraction of sp³-hybridized carbons (Fsp3) is 0.379. The second-order valence-corrected chi connectivity index (χ2v) is 12.1. The lowest BCUT2D eigenvalue weighted by Crippen LogP contribution is -2.49. The van der Waals surface area contributed by atoms with E-state index in [-0.39, 0.29) is 0 Å². The van der Waals surface area contributed by atoms with Crippen LogP contribution >= 0.6 is 0 Å². The lowest BCUT2D eigenvalue weighted by molar-refractivity contribution is 0.249. The average Bonchev–Trinajstić information content (AvgIpc) is 2.95. The molecule has 3 heterocycles. The van der Waals surface area contributed by atoms with Gasteiger partial charge in [-0.25, -0.2) is 17.8 Å². The van der Waals surface area contributed by atoms with Gasteiger partial charge >= 0.3 is 0 Å². The number of halogens is 1. The highest BCUT2D eigenvalue weighted by atomic mass is 32.2. The molecule has 0 amide bonds. The number of hydrogen-bond acceptors (Lipinski definition) is 7. The Morgan fingerprint density at radius 2 is 1.59 bits per heavy atom. The molecule has 0 N–H and O–H groups in total. The molecule has 0 spiro atoms. The van der Waals surface area contributed by atoms with Gasteiger partial charge in [0.2, 0.25) is 10.0 Å². The SMILES string of the molecule is Cc1cc(C)c(S(=O)(=O)N2CCN(c3ccc(F)cn3)CC2)cc1CN1CCN(c2ccccc2C#N)CC1. The zero-order valence-corrected chi connectivity index (χ0v) is 23.2. The summed E-state index contributed by atoms with van der Waals surface area (Å²) in [6.07, 6.45) is 1.18. The van der Waals surface area contributed by atoms with Crippen molar-refractivity contribution in [1.82, 2.24) is 14.2 Å². The number of anilines is 2. The predicted octanol–water partition coefficient (Wildman–Crippen LogP) is 3.54. The molecule has 39 heavy (non-hydrogen) atoms. The summed E-state index contributed by atoms with van der Waals surface area (Å²) in [6.45, 7) is 9.51. The molecule has 0 aliphatic carbocycles. The van der Waals surface area contributed by atoms with Gasteiger partial charge in [0.15, 0.2) is 0 Å². The summed E-state index contributed by atoms with van der Waals surface area (Å²) < 4.78 is 42.2. The quantitative estimate of drug-likeness (QED) is 0.466. The van der Waals surface area contributed by atoms with Crippen molar-refractivity contribution in [2.75, 3.05) is 62.2 Å². The minimum atomic E-state index is -3.67. The van der Waals surface area contributed by atoms with Crippen molar-refractivity contribution < 1.29 is 12.8 Å². The van der Waals surface area contributed by atoms with E-state index in [1.54, 1.807) is 10.4 Å². The second kappa shape index (κ2) is 11.3. The topological polar surface area (TPSA) is 83.8 Å². The molecule has 2 saturated heterocycles. The van der Waals surface area contributed by atoms with Gasteiger partial charge in [-0.15, -0.1) is 0 Å². The van der Waals surface area contributed by atoms with E-state index in [1.807, 2.05) is 55.1 Å². The molecule has 2 fully saturated rings. The lowest BCUT2D eigenvalue weighted by atomic mass is 10.0. The van der Waals surface area contributed by atoms with Gasteiger partial charge in [-0.2, -0.15) is 9.57 Å². The van der Waals surface area contributed by atoms with Crippen LogP contribution in [0.4, 0.5) is 15.9 Å². The van der Waals surface area contributed by atoms with Gasteiger partial charge in [-0.1, -0.05) is 18.2 Å². The molecule has 0 atom stereocenters. The third-order valence-corrected chi connectivity index (χ3v) is 9.70. The molecule has 1 aromatic heterocycles. The van der Waals surface area contributed by atoms with Gasteiger partial charge in [0.05, 0.1) is 22.3 Å². The molecule has 5 rings (SSSR count). The van der Waals surface area contributed by atoms with Gasteiger partial charge in [-0.05, 0) is 60.9 Å². The number of aryl methyl sites for hydroxylation is 2. The number of rotatable bonds is 6. The molecule has 0 bridgehead atoms. The molecule has 204 valence electrons. The number of nitriles is 1. The van der Waals surface area contributed by atoms with Crippen molar-refractivity contribution in [3.8, 4) is 6.07 Å². The van der Waals surface area contributed by atoms with E-state index < -0.39 is 15.8 Å². The summed E-state index contributed by atoms with van der Waals surface area (Å²) in [4.78, 5) is 11.1. The van der Waals surface area contributed by atoms with Gasteiger partial charge in [0.25, 0.3) is 0 Å². The Balaban J connectivity index is 1.26. The maximum atomic E-state index is 13.7. The van der Waals surface area contributed by atoms with Crippen LogP contribution in [-0.2, 0) is 16.6 Å². The van der Waals surface area contributed by atoms with Crippen LogP contribution < -0.4 is 9.80 Å². The Morgan fingerprint density at radius 1 is 0.897 bits per heavy atom. The molecule has 0 unspecified atom stereocenters. The Labute approximate surface area is 229 Å². The van der Waals surface area contributed by atoms with Crippen molar-refractivity contribution in [3.05, 3.63) is 82.8 Å². The number of sulfonamides is 1. The van der Waals surface area contributed by atoms with Crippen molar-refractivity contribution in [2.45, 2.75) is 25.3 Å². The Hall–Kier alpha value is -3.52. The number of benzene rings is 2. The fourth-order valence-electron chi connectivity index (χ4n) is 5.41. The normalized spacial score (nSPS) is 17.3. The number of aromatic nitrogens is 1. The molecule has 2 aliphatic heterocycles. The zero-order valence-electron chi connectivity index (χ0n) is 22.3. The number of hydrogen-bond donors (Lipinski definition) is 0. The van der Waals surface area contributed by atoms with Crippen LogP contribution in [0.3, 0.4) is 0 Å². The Kier molecular flexibility index (Phi) is 7.84. The minimum absolute atomic E-state index is 0.343. The highest BCUT2D eigenvalue weighted by Gasteiger charge is 2.31. The van der Waals surface area contributed by atoms with Crippen molar-refractivity contribution in [3.63, 3.8) is 0 Å². The first-order valence-corrected chi connectivity index (χ1v) is 14.6. The Morgan fingerprint density at radius 3 is 2.26 bits per heavy atom. The van der Waals surface area contributed by atoms with E-state index in [9.17, 15) is 18.1 Å². The van der Waals surface area contributed by atoms with Crippen LogP contribution in [0.15, 0.2) is 59.6 Å². The third-order valence-electron chi connectivity index (χ3n) is 7.66. The first-order chi connectivity index (χ1) is 18.8. The average molecular weight is 549 g/mol. The van der Waals surface area contributed by atoms with E-state index in [0.717, 1.165) is 48.6 Å². The van der Waals surface area contributed by atoms with E-state index in [4.69, 9.17) is 0 Å². The maximum Gasteiger partial charge on any atom is 0.243 e. The number of piperazine rings is 2. The summed E-state index contributed by atoms with van der Waals surface area (Å²) in [5, 5.41) is 9.45. The zero-order chi connectivity index (χ0) is 27.6. The Bertz CT molecular complexity index is 1470. The third kappa shape index (κ3) is 5.76. The molecule has 2 aromatic carbocycles. The van der Waals surface area contributed by atoms with Crippen LogP contribution in [0.2, 0.25) is 0 Å². The van der Waals surface area contributed by atoms with Gasteiger partial charge < -0.3 is 9.80 Å². The van der Waals surface area contributed by atoms with Gasteiger partial charge in [0.1, 0.15) is 17.7 Å². The highest BCUT2D eigenvalue weighted by Crippen LogP contribution is 2.27. The first kappa shape index (κ1) is 27.1. The maximum absolute atomic E-state index is 13.7. The molecular weight excluding hydrogens is 515 g/mol. The largest absolute Gasteiger partial charge is 0.368 e. The van der Waals surface area contributed by atoms with Crippen LogP contribution in [0.25, 0.3) is 0 Å². The molecular formula is C29H33FN6O2S. The molecule has 0 saturated carbocycles. The molecule has 2 aliphatic rings. The van der Waals surface area contributed by atoms with Gasteiger partial charge in [-0.3, -0.25) is 4.90 Å². The first-order valence-electron chi connectivity index (χ1n) is 13.2. The summed E-state index contributed by atoms with van der Waals surface area (Å²) in [5.41, 5.74) is 4.49. The predicted molar refractivity (Wildman–Crippen MR) is 150 cm³/mol. The molecule has 8 nitrogen and oxygen atoms in total. The molecule has 3 aromatic rings. The molecule has 0 radical (unpaired) electrons. The standard InChI is InChI=1S/C29H33FN6O2S/c1-22-17-23(2)28(39(37,38)36-15-13-35(14-16-36)29-8-7-26(30)20-32-29)18-25(22)21-33-9-11-34(12-10-33)27-6-4-3-5-24(27)19-31/h3-8,17-18,20H,9-16,21H2,1-2H3. The van der Waals surface area contributed by atoms with E-state index in [1.165, 1.54) is 12.3 Å². The van der Waals surface area contributed by atoms with Crippen LogP contribution in [-0.4, -0.2) is 75.0 Å². The smallest absolute Gasteiger partial charge is 0.243 e. The summed E-state index contributed by atoms with van der Waals surface area (Å²) >= 11 is 0. The van der Waals surface area contributed by atoms with Crippen LogP contribution in [0.1, 0.15) is 22.3 Å². The number of para-hydroxylation sites is 1. The fourth-order valence-corrected chi connectivity index (χ4v) is 7.09. The summed E-state index contributed by atoms with van der Waals surface area (Å²) in [7, 11) is -3.67. The minimum Gasteiger partial charge on any atom is -0.368 e. The number of nitrogens with zero attached hydrogens (tertiary/aromatic N) is 6. The van der Waals surface area contributed by atoms with E-state index in [2.05, 4.69) is 20.9 Å².